The van der Waals surface area contributed by atoms with Gasteiger partial charge < -0.3 is 15.8 Å². The molecule has 0 bridgehead atoms. The zero-order valence-corrected chi connectivity index (χ0v) is 15.5. The van der Waals surface area contributed by atoms with Crippen LogP contribution < -0.4 is 11.1 Å². The van der Waals surface area contributed by atoms with E-state index in [-0.39, 0.29) is 12.0 Å². The molecule has 2 unspecified atom stereocenters. The van der Waals surface area contributed by atoms with Gasteiger partial charge in [-0.15, -0.1) is 0 Å². The van der Waals surface area contributed by atoms with Gasteiger partial charge in [-0.2, -0.15) is 0 Å². The first-order valence-corrected chi connectivity index (χ1v) is 8.48. The number of nitrogens with one attached hydrogen (secondary N) is 1. The quantitative estimate of drug-likeness (QED) is 0.782. The van der Waals surface area contributed by atoms with Crippen LogP contribution in [0.3, 0.4) is 0 Å². The largest absolute Gasteiger partial charge is 0.378 e. The number of halogens is 2. The molecule has 4 nitrogen and oxygen atoms in total. The van der Waals surface area contributed by atoms with Gasteiger partial charge in [0.25, 0.3) is 0 Å². The third kappa shape index (κ3) is 2.91. The maximum absolute atomic E-state index is 12.6. The number of ether oxygens (including phenoxy) is 1. The average molecular weight is 420 g/mol. The lowest BCUT2D eigenvalue weighted by Gasteiger charge is -2.57. The summed E-state index contributed by atoms with van der Waals surface area (Å²) in [6.45, 7) is 6.53. The Kier molecular flexibility index (Phi) is 4.83. The van der Waals surface area contributed by atoms with E-state index in [4.69, 9.17) is 10.5 Å². The molecule has 0 aromatic heterocycles. The van der Waals surface area contributed by atoms with E-state index in [1.165, 1.54) is 0 Å². The van der Waals surface area contributed by atoms with Gasteiger partial charge in [-0.1, -0.05) is 29.8 Å². The van der Waals surface area contributed by atoms with Crippen LogP contribution in [0, 0.1) is 5.41 Å². The van der Waals surface area contributed by atoms with Crippen LogP contribution in [0.5, 0.6) is 0 Å². The predicted molar refractivity (Wildman–Crippen MR) is 91.2 cm³/mol. The highest BCUT2D eigenvalue weighted by Crippen LogP contribution is 2.50. The fourth-order valence-electron chi connectivity index (χ4n) is 2.65. The second-order valence-corrected chi connectivity index (χ2v) is 7.69. The number of anilines is 1. The number of carbonyl (C=O) groups is 1. The van der Waals surface area contributed by atoms with Crippen molar-refractivity contribution in [2.45, 2.75) is 38.8 Å². The summed E-state index contributed by atoms with van der Waals surface area (Å²) in [6.07, 6.45) is 0.551. The van der Waals surface area contributed by atoms with Gasteiger partial charge in [0.2, 0.25) is 5.91 Å². The first-order chi connectivity index (χ1) is 9.72. The lowest BCUT2D eigenvalue weighted by atomic mass is 9.54. The van der Waals surface area contributed by atoms with E-state index in [1.54, 1.807) is 0 Å². The summed E-state index contributed by atoms with van der Waals surface area (Å²) in [4.78, 5) is 12.6. The van der Waals surface area contributed by atoms with Crippen molar-refractivity contribution < 1.29 is 9.53 Å². The zero-order chi connectivity index (χ0) is 15.8. The lowest BCUT2D eigenvalue weighted by Crippen LogP contribution is -2.74. The van der Waals surface area contributed by atoms with Gasteiger partial charge in [-0.25, -0.2) is 0 Å². The van der Waals surface area contributed by atoms with Crippen LogP contribution in [-0.2, 0) is 9.53 Å². The van der Waals surface area contributed by atoms with E-state index in [1.807, 2.05) is 39.0 Å². The van der Waals surface area contributed by atoms with E-state index >= 15 is 0 Å². The second-order valence-electron chi connectivity index (χ2n) is 5.92. The van der Waals surface area contributed by atoms with Crippen molar-refractivity contribution in [2.24, 2.45) is 11.1 Å². The monoisotopic (exact) mass is 418 g/mol. The van der Waals surface area contributed by atoms with E-state index in [9.17, 15) is 4.79 Å². The Bertz CT molecular complexity index is 563. The molecule has 6 heteroatoms. The molecule has 1 amide bonds. The first-order valence-electron chi connectivity index (χ1n) is 6.89. The Morgan fingerprint density at radius 2 is 2.14 bits per heavy atom. The van der Waals surface area contributed by atoms with Crippen LogP contribution in [0.15, 0.2) is 27.1 Å². The fourth-order valence-corrected chi connectivity index (χ4v) is 3.35. The summed E-state index contributed by atoms with van der Waals surface area (Å²) in [5, 5.41) is 2.92. The molecular weight excluding hydrogens is 400 g/mol. The molecule has 0 saturated heterocycles. The van der Waals surface area contributed by atoms with Crippen LogP contribution in [0.2, 0.25) is 0 Å². The smallest absolute Gasteiger partial charge is 0.245 e. The summed E-state index contributed by atoms with van der Waals surface area (Å²) < 4.78 is 7.37. The van der Waals surface area contributed by atoms with Crippen LogP contribution in [0.4, 0.5) is 5.69 Å². The van der Waals surface area contributed by atoms with Crippen molar-refractivity contribution in [3.8, 4) is 0 Å². The highest BCUT2D eigenvalue weighted by molar-refractivity contribution is 9.11. The molecule has 1 aromatic rings. The summed E-state index contributed by atoms with van der Waals surface area (Å²) in [6, 6.07) is 5.62. The van der Waals surface area contributed by atoms with Gasteiger partial charge in [-0.05, 0) is 41.1 Å². The Morgan fingerprint density at radius 1 is 1.48 bits per heavy atom. The maximum atomic E-state index is 12.6. The van der Waals surface area contributed by atoms with E-state index in [0.717, 1.165) is 8.95 Å². The molecular formula is C15H20Br2N2O2. The fraction of sp³-hybridized carbons (Fsp3) is 0.533. The van der Waals surface area contributed by atoms with E-state index in [2.05, 4.69) is 37.2 Å². The number of hydrogen-bond acceptors (Lipinski definition) is 3. The normalized spacial score (nSPS) is 27.0. The molecule has 0 aliphatic heterocycles. The minimum atomic E-state index is -0.922. The van der Waals surface area contributed by atoms with Gasteiger partial charge in [0, 0.05) is 27.4 Å². The summed E-state index contributed by atoms with van der Waals surface area (Å²) >= 11 is 6.83. The number of rotatable bonds is 4. The molecule has 21 heavy (non-hydrogen) atoms. The minimum absolute atomic E-state index is 0.0178. The molecule has 0 radical (unpaired) electrons. The van der Waals surface area contributed by atoms with Crippen molar-refractivity contribution in [2.75, 3.05) is 11.9 Å². The predicted octanol–water partition coefficient (Wildman–Crippen LogP) is 3.68. The molecule has 1 aliphatic carbocycles. The van der Waals surface area contributed by atoms with Crippen molar-refractivity contribution >= 4 is 43.5 Å². The Balaban J connectivity index is 2.16. The summed E-state index contributed by atoms with van der Waals surface area (Å²) in [5.41, 5.74) is 5.75. The number of amides is 1. The van der Waals surface area contributed by atoms with Crippen molar-refractivity contribution in [1.82, 2.24) is 0 Å². The SMILES string of the molecule is CCOC1CC(N)(C(=O)Nc2cc(Br)ccc2Br)C1(C)C. The molecule has 1 saturated carbocycles. The van der Waals surface area contributed by atoms with E-state index < -0.39 is 11.0 Å². The molecule has 2 atom stereocenters. The highest BCUT2D eigenvalue weighted by Gasteiger charge is 2.62. The number of nitrogens with two attached hydrogens (primary N) is 1. The van der Waals surface area contributed by atoms with Crippen molar-refractivity contribution in [3.05, 3.63) is 27.1 Å². The molecule has 3 N–H and O–H groups in total. The number of carbonyl (C=O) groups excluding carboxylic acids is 1. The molecule has 1 aromatic carbocycles. The standard InChI is InChI=1S/C15H20Br2N2O2/c1-4-21-12-8-15(18,14(12,2)3)13(20)19-11-7-9(16)5-6-10(11)17/h5-7,12H,4,8,18H2,1-3H3,(H,19,20). The first kappa shape index (κ1) is 16.9. The Morgan fingerprint density at radius 3 is 2.71 bits per heavy atom. The molecule has 0 spiro atoms. The van der Waals surface area contributed by atoms with Crippen LogP contribution >= 0.6 is 31.9 Å². The van der Waals surface area contributed by atoms with Crippen LogP contribution in [0.25, 0.3) is 0 Å². The van der Waals surface area contributed by atoms with Crippen molar-refractivity contribution in [3.63, 3.8) is 0 Å². The van der Waals surface area contributed by atoms with Gasteiger partial charge in [0.15, 0.2) is 0 Å². The molecule has 1 fully saturated rings. The maximum Gasteiger partial charge on any atom is 0.245 e. The summed E-state index contributed by atoms with van der Waals surface area (Å²) in [5.74, 6) is -0.178. The Hall–Kier alpha value is -0.430. The summed E-state index contributed by atoms with van der Waals surface area (Å²) in [7, 11) is 0. The third-order valence-electron chi connectivity index (χ3n) is 4.41. The van der Waals surface area contributed by atoms with E-state index in [0.29, 0.717) is 18.7 Å². The molecule has 116 valence electrons. The van der Waals surface area contributed by atoms with Crippen LogP contribution in [-0.4, -0.2) is 24.2 Å². The second kappa shape index (κ2) is 5.99. The average Bonchev–Trinajstić information content (AvgIpc) is 2.42. The van der Waals surface area contributed by atoms with Gasteiger partial charge in [0.1, 0.15) is 5.54 Å². The molecule has 2 rings (SSSR count). The highest BCUT2D eigenvalue weighted by atomic mass is 79.9. The molecule has 0 heterocycles. The van der Waals surface area contributed by atoms with Crippen LogP contribution in [0.1, 0.15) is 27.2 Å². The van der Waals surface area contributed by atoms with Gasteiger partial charge >= 0.3 is 0 Å². The Labute approximate surface area is 142 Å². The van der Waals surface area contributed by atoms with Gasteiger partial charge in [-0.3, -0.25) is 4.79 Å². The molecule has 1 aliphatic rings. The lowest BCUT2D eigenvalue weighted by molar-refractivity contribution is -0.166. The third-order valence-corrected chi connectivity index (χ3v) is 5.60. The van der Waals surface area contributed by atoms with Crippen molar-refractivity contribution in [1.29, 1.82) is 0 Å². The number of hydrogen-bond donors (Lipinski definition) is 2. The number of benzene rings is 1. The zero-order valence-electron chi connectivity index (χ0n) is 12.4. The minimum Gasteiger partial charge on any atom is -0.378 e. The van der Waals surface area contributed by atoms with Gasteiger partial charge in [0.05, 0.1) is 11.8 Å². The topological polar surface area (TPSA) is 64.3 Å².